The molecule has 1 atom stereocenters. The molecule has 1 heterocycles. The lowest BCUT2D eigenvalue weighted by molar-refractivity contribution is -0.118. The van der Waals surface area contributed by atoms with Gasteiger partial charge in [-0.2, -0.15) is 0 Å². The molecule has 1 aromatic rings. The number of rotatable bonds is 5. The van der Waals surface area contributed by atoms with Crippen LogP contribution in [0.3, 0.4) is 0 Å². The molecule has 3 rings (SSSR count). The van der Waals surface area contributed by atoms with Crippen LogP contribution in [0.25, 0.3) is 0 Å². The Bertz CT molecular complexity index is 642. The molecule has 0 radical (unpaired) electrons. The zero-order chi connectivity index (χ0) is 16.3. The number of carbonyl (C=O) groups is 1. The molecule has 0 bridgehead atoms. The van der Waals surface area contributed by atoms with Crippen LogP contribution in [-0.4, -0.2) is 32.3 Å². The van der Waals surface area contributed by atoms with Gasteiger partial charge in [-0.15, -0.1) is 0 Å². The lowest BCUT2D eigenvalue weighted by Gasteiger charge is -2.12. The first kappa shape index (κ1) is 16.5. The number of sulfone groups is 1. The second-order valence-electron chi connectivity index (χ2n) is 6.36. The Morgan fingerprint density at radius 3 is 2.39 bits per heavy atom. The van der Waals surface area contributed by atoms with Gasteiger partial charge in [-0.1, -0.05) is 12.8 Å². The second-order valence-corrected chi connectivity index (χ2v) is 8.59. The maximum absolute atomic E-state index is 12.5. The number of ether oxygens (including phenoxy) is 1. The van der Waals surface area contributed by atoms with Crippen molar-refractivity contribution in [2.24, 2.45) is 0 Å². The van der Waals surface area contributed by atoms with Crippen LogP contribution in [0.15, 0.2) is 29.2 Å². The van der Waals surface area contributed by atoms with Crippen LogP contribution in [0, 0.1) is 0 Å². The van der Waals surface area contributed by atoms with Gasteiger partial charge in [0.25, 0.3) is 0 Å². The average molecular weight is 337 g/mol. The lowest BCUT2D eigenvalue weighted by atomic mass is 10.2. The molecular weight excluding hydrogens is 314 g/mol. The maximum Gasteiger partial charge on any atom is 0.226 e. The van der Waals surface area contributed by atoms with Gasteiger partial charge in [0.1, 0.15) is 0 Å². The van der Waals surface area contributed by atoms with Gasteiger partial charge in [0.05, 0.1) is 22.7 Å². The molecule has 0 unspecified atom stereocenters. The predicted octanol–water partition coefficient (Wildman–Crippen LogP) is 2.91. The van der Waals surface area contributed by atoms with Gasteiger partial charge < -0.3 is 10.1 Å². The first-order chi connectivity index (χ1) is 11.1. The summed E-state index contributed by atoms with van der Waals surface area (Å²) in [7, 11) is -3.24. The molecule has 126 valence electrons. The SMILES string of the molecule is O=C(C[C@@H]1CCCO1)Nc1ccc(S(=O)(=O)C2CCCC2)cc1. The smallest absolute Gasteiger partial charge is 0.226 e. The highest BCUT2D eigenvalue weighted by Crippen LogP contribution is 2.30. The topological polar surface area (TPSA) is 72.5 Å². The minimum absolute atomic E-state index is 0.0111. The van der Waals surface area contributed by atoms with Gasteiger partial charge in [-0.05, 0) is 49.9 Å². The molecule has 1 amide bonds. The molecule has 0 spiro atoms. The van der Waals surface area contributed by atoms with Crippen LogP contribution < -0.4 is 5.32 Å². The number of carbonyl (C=O) groups excluding carboxylic acids is 1. The maximum atomic E-state index is 12.5. The molecule has 2 fully saturated rings. The molecule has 23 heavy (non-hydrogen) atoms. The standard InChI is InChI=1S/C17H23NO4S/c19-17(12-14-4-3-11-22-14)18-13-7-9-16(10-8-13)23(20,21)15-5-1-2-6-15/h7-10,14-15H,1-6,11-12H2,(H,18,19)/t14-/m0/s1. The summed E-state index contributed by atoms with van der Waals surface area (Å²) < 4.78 is 30.4. The highest BCUT2D eigenvalue weighted by molar-refractivity contribution is 7.92. The van der Waals surface area contributed by atoms with Crippen molar-refractivity contribution in [2.45, 2.75) is 61.2 Å². The average Bonchev–Trinajstić information content (AvgIpc) is 3.21. The molecule has 1 saturated heterocycles. The Labute approximate surface area is 137 Å². The Morgan fingerprint density at radius 2 is 1.78 bits per heavy atom. The van der Waals surface area contributed by atoms with E-state index in [4.69, 9.17) is 4.74 Å². The van der Waals surface area contributed by atoms with Crippen molar-refractivity contribution in [3.8, 4) is 0 Å². The van der Waals surface area contributed by atoms with Crippen LogP contribution >= 0.6 is 0 Å². The summed E-state index contributed by atoms with van der Waals surface area (Å²) in [6.07, 6.45) is 5.77. The number of benzene rings is 1. The van der Waals surface area contributed by atoms with Crippen molar-refractivity contribution in [1.29, 1.82) is 0 Å². The first-order valence-corrected chi connectivity index (χ1v) is 9.86. The van der Waals surface area contributed by atoms with Gasteiger partial charge in [-0.3, -0.25) is 4.79 Å². The third kappa shape index (κ3) is 3.93. The van der Waals surface area contributed by atoms with Crippen LogP contribution in [-0.2, 0) is 19.4 Å². The van der Waals surface area contributed by atoms with E-state index in [9.17, 15) is 13.2 Å². The van der Waals surface area contributed by atoms with Crippen molar-refractivity contribution >= 4 is 21.4 Å². The Hall–Kier alpha value is -1.40. The van der Waals surface area contributed by atoms with Crippen molar-refractivity contribution in [1.82, 2.24) is 0 Å². The Morgan fingerprint density at radius 1 is 1.09 bits per heavy atom. The minimum atomic E-state index is -3.24. The van der Waals surface area contributed by atoms with Gasteiger partial charge >= 0.3 is 0 Å². The van der Waals surface area contributed by atoms with Gasteiger partial charge in [0, 0.05) is 12.3 Å². The summed E-state index contributed by atoms with van der Waals surface area (Å²) in [6.45, 7) is 0.728. The summed E-state index contributed by atoms with van der Waals surface area (Å²) in [5.74, 6) is -0.0942. The fraction of sp³-hybridized carbons (Fsp3) is 0.588. The molecule has 2 aliphatic rings. The molecule has 6 heteroatoms. The second kappa shape index (κ2) is 7.01. The van der Waals surface area contributed by atoms with E-state index in [0.29, 0.717) is 17.0 Å². The van der Waals surface area contributed by atoms with E-state index in [1.54, 1.807) is 24.3 Å². The normalized spacial score (nSPS) is 22.3. The quantitative estimate of drug-likeness (QED) is 0.896. The number of nitrogens with one attached hydrogen (secondary N) is 1. The van der Waals surface area contributed by atoms with Crippen LogP contribution in [0.4, 0.5) is 5.69 Å². The molecule has 1 saturated carbocycles. The number of hydrogen-bond acceptors (Lipinski definition) is 4. The van der Waals surface area contributed by atoms with E-state index in [1.807, 2.05) is 0 Å². The third-order valence-corrected chi connectivity index (χ3v) is 6.92. The monoisotopic (exact) mass is 337 g/mol. The number of anilines is 1. The Kier molecular flexibility index (Phi) is 5.02. The molecule has 0 aromatic heterocycles. The van der Waals surface area contributed by atoms with E-state index < -0.39 is 9.84 Å². The predicted molar refractivity (Wildman–Crippen MR) is 88.1 cm³/mol. The summed E-state index contributed by atoms with van der Waals surface area (Å²) in [6, 6.07) is 6.51. The molecule has 1 aliphatic carbocycles. The van der Waals surface area contributed by atoms with Crippen molar-refractivity contribution in [3.05, 3.63) is 24.3 Å². The summed E-state index contributed by atoms with van der Waals surface area (Å²) >= 11 is 0. The van der Waals surface area contributed by atoms with Crippen molar-refractivity contribution < 1.29 is 17.9 Å². The first-order valence-electron chi connectivity index (χ1n) is 8.31. The van der Waals surface area contributed by atoms with E-state index in [0.717, 1.165) is 45.1 Å². The van der Waals surface area contributed by atoms with E-state index in [1.165, 1.54) is 0 Å². The summed E-state index contributed by atoms with van der Waals surface area (Å²) in [5, 5.41) is 2.56. The largest absolute Gasteiger partial charge is 0.378 e. The van der Waals surface area contributed by atoms with Gasteiger partial charge in [0.2, 0.25) is 5.91 Å². The fourth-order valence-electron chi connectivity index (χ4n) is 3.34. The van der Waals surface area contributed by atoms with E-state index >= 15 is 0 Å². The van der Waals surface area contributed by atoms with Crippen molar-refractivity contribution in [2.75, 3.05) is 11.9 Å². The zero-order valence-corrected chi connectivity index (χ0v) is 14.0. The van der Waals surface area contributed by atoms with E-state index in [-0.39, 0.29) is 17.3 Å². The molecule has 1 aliphatic heterocycles. The molecule has 1 N–H and O–H groups in total. The fourth-order valence-corrected chi connectivity index (χ4v) is 5.20. The highest BCUT2D eigenvalue weighted by atomic mass is 32.2. The Balaban J connectivity index is 1.61. The lowest BCUT2D eigenvalue weighted by Crippen LogP contribution is -2.20. The molecule has 5 nitrogen and oxygen atoms in total. The van der Waals surface area contributed by atoms with Crippen LogP contribution in [0.1, 0.15) is 44.9 Å². The summed E-state index contributed by atoms with van der Waals surface area (Å²) in [4.78, 5) is 12.3. The third-order valence-electron chi connectivity index (χ3n) is 4.64. The van der Waals surface area contributed by atoms with E-state index in [2.05, 4.69) is 5.32 Å². The highest BCUT2D eigenvalue weighted by Gasteiger charge is 2.30. The van der Waals surface area contributed by atoms with Crippen LogP contribution in [0.5, 0.6) is 0 Å². The van der Waals surface area contributed by atoms with Crippen LogP contribution in [0.2, 0.25) is 0 Å². The molecular formula is C17H23NO4S. The number of hydrogen-bond donors (Lipinski definition) is 1. The minimum Gasteiger partial charge on any atom is -0.378 e. The molecule has 1 aromatic carbocycles. The van der Waals surface area contributed by atoms with Crippen molar-refractivity contribution in [3.63, 3.8) is 0 Å². The summed E-state index contributed by atoms with van der Waals surface area (Å²) in [5.41, 5.74) is 0.623. The van der Waals surface area contributed by atoms with Gasteiger partial charge in [-0.25, -0.2) is 8.42 Å². The van der Waals surface area contributed by atoms with Gasteiger partial charge in [0.15, 0.2) is 9.84 Å². The zero-order valence-electron chi connectivity index (χ0n) is 13.2. The number of amides is 1.